The summed E-state index contributed by atoms with van der Waals surface area (Å²) in [6, 6.07) is 3.15. The molecule has 7 heteroatoms. The summed E-state index contributed by atoms with van der Waals surface area (Å²) in [6.07, 6.45) is 4.37. The fraction of sp³-hybridized carbons (Fsp3) is 0.286. The second-order valence-electron chi connectivity index (χ2n) is 4.81. The topological polar surface area (TPSA) is 97.4 Å². The number of amides is 3. The van der Waals surface area contributed by atoms with Crippen LogP contribution in [0.5, 0.6) is 0 Å². The number of nitrogens with one attached hydrogen (secondary N) is 2. The number of urea groups is 1. The lowest BCUT2D eigenvalue weighted by atomic mass is 10.1. The minimum absolute atomic E-state index is 0.288. The van der Waals surface area contributed by atoms with Crippen LogP contribution in [0.1, 0.15) is 33.0 Å². The second-order valence-corrected chi connectivity index (χ2v) is 5.92. The number of carbonyl (C=O) groups excluding carboxylic acids is 2. The number of nitrogens with two attached hydrogens (primary N) is 1. The fourth-order valence-electron chi connectivity index (χ4n) is 2.48. The highest BCUT2D eigenvalue weighted by Gasteiger charge is 2.26. The fourth-order valence-corrected chi connectivity index (χ4v) is 3.77. The molecule has 2 aromatic heterocycles. The van der Waals surface area contributed by atoms with Crippen molar-refractivity contribution in [1.29, 1.82) is 0 Å². The van der Waals surface area contributed by atoms with Crippen LogP contribution in [0.2, 0.25) is 0 Å². The van der Waals surface area contributed by atoms with Gasteiger partial charge in [-0.25, -0.2) is 4.79 Å². The molecule has 0 bridgehead atoms. The van der Waals surface area contributed by atoms with Gasteiger partial charge in [0.05, 0.1) is 18.4 Å². The Hall–Kier alpha value is -2.28. The SMILES string of the molecule is NC(=O)c1c(NC(=O)NCc2ccco2)sc2c1CCC2. The molecule has 0 saturated carbocycles. The van der Waals surface area contributed by atoms with E-state index in [9.17, 15) is 9.59 Å². The molecule has 3 rings (SSSR count). The number of thiophene rings is 1. The summed E-state index contributed by atoms with van der Waals surface area (Å²) in [4.78, 5) is 24.7. The molecule has 2 heterocycles. The van der Waals surface area contributed by atoms with E-state index in [0.717, 1.165) is 29.7 Å². The van der Waals surface area contributed by atoms with Gasteiger partial charge in [0.25, 0.3) is 5.91 Å². The van der Waals surface area contributed by atoms with Crippen molar-refractivity contribution >= 4 is 28.3 Å². The molecular weight excluding hydrogens is 290 g/mol. The Balaban J connectivity index is 1.70. The summed E-state index contributed by atoms with van der Waals surface area (Å²) in [5.41, 5.74) is 6.89. The number of furan rings is 1. The number of anilines is 1. The van der Waals surface area contributed by atoms with Gasteiger partial charge in [-0.2, -0.15) is 0 Å². The average molecular weight is 305 g/mol. The van der Waals surface area contributed by atoms with E-state index in [1.165, 1.54) is 11.3 Å². The summed E-state index contributed by atoms with van der Waals surface area (Å²) in [5, 5.41) is 5.92. The zero-order chi connectivity index (χ0) is 14.8. The normalized spacial score (nSPS) is 13.0. The molecule has 0 radical (unpaired) electrons. The molecule has 0 fully saturated rings. The predicted molar refractivity (Wildman–Crippen MR) is 79.4 cm³/mol. The van der Waals surface area contributed by atoms with Crippen LogP contribution in [0.25, 0.3) is 0 Å². The molecule has 1 aliphatic rings. The monoisotopic (exact) mass is 305 g/mol. The van der Waals surface area contributed by atoms with Crippen LogP contribution in [0, 0.1) is 0 Å². The van der Waals surface area contributed by atoms with E-state index in [0.29, 0.717) is 16.3 Å². The molecule has 0 aliphatic heterocycles. The van der Waals surface area contributed by atoms with Crippen LogP contribution < -0.4 is 16.4 Å². The number of primary amides is 1. The zero-order valence-electron chi connectivity index (χ0n) is 11.3. The Morgan fingerprint density at radius 1 is 1.38 bits per heavy atom. The first-order valence-electron chi connectivity index (χ1n) is 6.66. The van der Waals surface area contributed by atoms with Gasteiger partial charge in [-0.1, -0.05) is 0 Å². The second kappa shape index (κ2) is 5.61. The Morgan fingerprint density at radius 2 is 2.24 bits per heavy atom. The standard InChI is InChI=1S/C14H15N3O3S/c15-12(18)11-9-4-1-5-10(9)21-13(11)17-14(19)16-7-8-3-2-6-20-8/h2-3,6H,1,4-5,7H2,(H2,15,18)(H2,16,17,19). The molecule has 0 saturated heterocycles. The van der Waals surface area contributed by atoms with Gasteiger partial charge >= 0.3 is 6.03 Å². The first kappa shape index (κ1) is 13.7. The minimum Gasteiger partial charge on any atom is -0.467 e. The quantitative estimate of drug-likeness (QED) is 0.808. The Bertz CT molecular complexity index is 676. The van der Waals surface area contributed by atoms with Gasteiger partial charge in [0.1, 0.15) is 10.8 Å². The van der Waals surface area contributed by atoms with Crippen molar-refractivity contribution < 1.29 is 14.0 Å². The van der Waals surface area contributed by atoms with E-state index in [1.54, 1.807) is 18.4 Å². The average Bonchev–Trinajstić information content (AvgIpc) is 3.11. The van der Waals surface area contributed by atoms with Crippen molar-refractivity contribution in [2.45, 2.75) is 25.8 Å². The summed E-state index contributed by atoms with van der Waals surface area (Å²) in [5.74, 6) is 0.171. The number of hydrogen-bond acceptors (Lipinski definition) is 4. The third-order valence-electron chi connectivity index (χ3n) is 3.40. The lowest BCUT2D eigenvalue weighted by molar-refractivity contribution is 0.100. The molecular formula is C14H15N3O3S. The van der Waals surface area contributed by atoms with Crippen LogP contribution >= 0.6 is 11.3 Å². The van der Waals surface area contributed by atoms with Gasteiger partial charge in [-0.15, -0.1) is 11.3 Å². The van der Waals surface area contributed by atoms with Crippen LogP contribution in [0.3, 0.4) is 0 Å². The molecule has 110 valence electrons. The molecule has 1 aliphatic carbocycles. The van der Waals surface area contributed by atoms with Crippen molar-refractivity contribution in [2.24, 2.45) is 5.73 Å². The highest BCUT2D eigenvalue weighted by molar-refractivity contribution is 7.17. The molecule has 3 amide bonds. The molecule has 0 unspecified atom stereocenters. The van der Waals surface area contributed by atoms with Gasteiger partial charge in [0.15, 0.2) is 0 Å². The molecule has 0 aromatic carbocycles. The van der Waals surface area contributed by atoms with Crippen molar-refractivity contribution in [1.82, 2.24) is 5.32 Å². The smallest absolute Gasteiger partial charge is 0.320 e. The third kappa shape index (κ3) is 2.78. The molecule has 21 heavy (non-hydrogen) atoms. The van der Waals surface area contributed by atoms with Crippen molar-refractivity contribution in [2.75, 3.05) is 5.32 Å². The first-order valence-corrected chi connectivity index (χ1v) is 7.48. The third-order valence-corrected chi connectivity index (χ3v) is 4.61. The number of rotatable bonds is 4. The van der Waals surface area contributed by atoms with Crippen LogP contribution in [0.4, 0.5) is 9.80 Å². The zero-order valence-corrected chi connectivity index (χ0v) is 12.1. The number of hydrogen-bond donors (Lipinski definition) is 3. The van der Waals surface area contributed by atoms with E-state index in [4.69, 9.17) is 10.2 Å². The molecule has 2 aromatic rings. The largest absolute Gasteiger partial charge is 0.467 e. The van der Waals surface area contributed by atoms with Gasteiger partial charge in [0.2, 0.25) is 0 Å². The summed E-state index contributed by atoms with van der Waals surface area (Å²) in [7, 11) is 0. The summed E-state index contributed by atoms with van der Waals surface area (Å²) < 4.78 is 5.13. The van der Waals surface area contributed by atoms with Crippen molar-refractivity contribution in [3.63, 3.8) is 0 Å². The van der Waals surface area contributed by atoms with E-state index in [2.05, 4.69) is 10.6 Å². The van der Waals surface area contributed by atoms with E-state index in [1.807, 2.05) is 0 Å². The molecule has 4 N–H and O–H groups in total. The molecule has 6 nitrogen and oxygen atoms in total. The summed E-state index contributed by atoms with van der Waals surface area (Å²) >= 11 is 1.43. The van der Waals surface area contributed by atoms with Crippen LogP contribution in [-0.4, -0.2) is 11.9 Å². The van der Waals surface area contributed by atoms with E-state index in [-0.39, 0.29) is 12.6 Å². The molecule has 0 spiro atoms. The lowest BCUT2D eigenvalue weighted by Crippen LogP contribution is -2.28. The highest BCUT2D eigenvalue weighted by Crippen LogP contribution is 2.38. The Morgan fingerprint density at radius 3 is 2.95 bits per heavy atom. The van der Waals surface area contributed by atoms with Crippen LogP contribution in [-0.2, 0) is 19.4 Å². The summed E-state index contributed by atoms with van der Waals surface area (Å²) in [6.45, 7) is 0.288. The first-order chi connectivity index (χ1) is 10.1. The maximum Gasteiger partial charge on any atom is 0.320 e. The number of aryl methyl sites for hydroxylation is 1. The van der Waals surface area contributed by atoms with Crippen molar-refractivity contribution in [3.05, 3.63) is 40.2 Å². The van der Waals surface area contributed by atoms with Gasteiger partial charge in [-0.05, 0) is 37.0 Å². The maximum absolute atomic E-state index is 11.9. The van der Waals surface area contributed by atoms with Gasteiger partial charge in [-0.3, -0.25) is 10.1 Å². The lowest BCUT2D eigenvalue weighted by Gasteiger charge is -2.07. The van der Waals surface area contributed by atoms with Crippen LogP contribution in [0.15, 0.2) is 22.8 Å². The number of carbonyl (C=O) groups is 2. The van der Waals surface area contributed by atoms with Gasteiger partial charge < -0.3 is 15.5 Å². The molecule has 0 atom stereocenters. The van der Waals surface area contributed by atoms with E-state index >= 15 is 0 Å². The van der Waals surface area contributed by atoms with Gasteiger partial charge in [0, 0.05) is 4.88 Å². The Kier molecular flexibility index (Phi) is 3.66. The Labute approximate surface area is 125 Å². The van der Waals surface area contributed by atoms with E-state index < -0.39 is 5.91 Å². The maximum atomic E-state index is 11.9. The highest BCUT2D eigenvalue weighted by atomic mass is 32.1. The number of fused-ring (bicyclic) bond motifs is 1. The minimum atomic E-state index is -0.490. The predicted octanol–water partition coefficient (Wildman–Crippen LogP) is 2.25. The van der Waals surface area contributed by atoms with Crippen molar-refractivity contribution in [3.8, 4) is 0 Å².